The second-order valence-electron chi connectivity index (χ2n) is 4.50. The number of carboxylic acid groups (broad SMARTS) is 1. The minimum Gasteiger partial charge on any atom is -0.482 e. The van der Waals surface area contributed by atoms with Gasteiger partial charge in [0.05, 0.1) is 6.54 Å². The number of hydrogen-bond acceptors (Lipinski definition) is 4. The molecule has 0 aliphatic carbocycles. The number of aliphatic carboxylic acids is 1. The number of anilines is 1. The molecule has 0 spiro atoms. The summed E-state index contributed by atoms with van der Waals surface area (Å²) in [5.41, 5.74) is 0.412. The third-order valence-corrected chi connectivity index (χ3v) is 2.36. The van der Waals surface area contributed by atoms with Gasteiger partial charge in [0.15, 0.2) is 11.6 Å². The van der Waals surface area contributed by atoms with Gasteiger partial charge in [0.2, 0.25) is 0 Å². The first-order chi connectivity index (χ1) is 7.96. The van der Waals surface area contributed by atoms with Crippen LogP contribution in [0.25, 0.3) is 6.08 Å². The maximum Gasteiger partial charge on any atom is 0.328 e. The predicted molar refractivity (Wildman–Crippen MR) is 64.1 cm³/mol. The monoisotopic (exact) mass is 234 g/mol. The van der Waals surface area contributed by atoms with Gasteiger partial charge < -0.3 is 15.2 Å². The van der Waals surface area contributed by atoms with Crippen LogP contribution in [-0.4, -0.2) is 28.2 Å². The van der Waals surface area contributed by atoms with E-state index in [1.165, 1.54) is 6.08 Å². The first-order valence-electron chi connectivity index (χ1n) is 5.30. The van der Waals surface area contributed by atoms with Crippen molar-refractivity contribution in [3.05, 3.63) is 23.9 Å². The fraction of sp³-hybridized carbons (Fsp3) is 0.333. The zero-order valence-corrected chi connectivity index (χ0v) is 9.73. The van der Waals surface area contributed by atoms with Crippen molar-refractivity contribution in [2.75, 3.05) is 11.9 Å². The average Bonchev–Trinajstić information content (AvgIpc) is 2.24. The zero-order chi connectivity index (χ0) is 12.5. The second-order valence-corrected chi connectivity index (χ2v) is 4.50. The molecule has 17 heavy (non-hydrogen) atoms. The molecule has 0 amide bonds. The highest BCUT2D eigenvalue weighted by molar-refractivity contribution is 5.85. The number of carbonyl (C=O) groups is 1. The number of pyridine rings is 1. The smallest absolute Gasteiger partial charge is 0.328 e. The van der Waals surface area contributed by atoms with Gasteiger partial charge in [-0.15, -0.1) is 0 Å². The number of rotatable bonds is 2. The van der Waals surface area contributed by atoms with Crippen molar-refractivity contribution >= 4 is 17.9 Å². The molecule has 0 radical (unpaired) electrons. The number of nitrogens with zero attached hydrogens (tertiary/aromatic N) is 1. The Morgan fingerprint density at radius 3 is 3.12 bits per heavy atom. The minimum absolute atomic E-state index is 0.288. The molecular formula is C12H14N2O3. The molecule has 2 heterocycles. The van der Waals surface area contributed by atoms with Gasteiger partial charge in [-0.05, 0) is 31.6 Å². The Bertz CT molecular complexity index is 481. The van der Waals surface area contributed by atoms with Crippen LogP contribution in [0.2, 0.25) is 0 Å². The van der Waals surface area contributed by atoms with Crippen molar-refractivity contribution in [3.63, 3.8) is 0 Å². The van der Waals surface area contributed by atoms with Gasteiger partial charge in [-0.2, -0.15) is 0 Å². The molecule has 0 fully saturated rings. The molecule has 0 saturated heterocycles. The largest absolute Gasteiger partial charge is 0.482 e. The highest BCUT2D eigenvalue weighted by Gasteiger charge is 2.26. The van der Waals surface area contributed by atoms with E-state index in [1.54, 1.807) is 12.3 Å². The van der Waals surface area contributed by atoms with Crippen molar-refractivity contribution in [1.29, 1.82) is 0 Å². The minimum atomic E-state index is -0.984. The Hall–Kier alpha value is -2.04. The van der Waals surface area contributed by atoms with E-state index in [2.05, 4.69) is 10.3 Å². The van der Waals surface area contributed by atoms with E-state index in [0.717, 1.165) is 6.08 Å². The van der Waals surface area contributed by atoms with Crippen LogP contribution in [0, 0.1) is 0 Å². The van der Waals surface area contributed by atoms with Crippen molar-refractivity contribution in [2.24, 2.45) is 0 Å². The topological polar surface area (TPSA) is 71.5 Å². The van der Waals surface area contributed by atoms with Gasteiger partial charge in [-0.1, -0.05) is 0 Å². The van der Waals surface area contributed by atoms with Crippen LogP contribution in [0.5, 0.6) is 5.75 Å². The Labute approximate surface area is 99.1 Å². The molecule has 2 rings (SSSR count). The lowest BCUT2D eigenvalue weighted by molar-refractivity contribution is -0.131. The molecule has 2 N–H and O–H groups in total. The lowest BCUT2D eigenvalue weighted by Gasteiger charge is -2.32. The van der Waals surface area contributed by atoms with E-state index < -0.39 is 5.97 Å². The normalized spacial score (nSPS) is 17.1. The summed E-state index contributed by atoms with van der Waals surface area (Å²) in [6, 6.07) is 1.77. The lowest BCUT2D eigenvalue weighted by atomic mass is 10.1. The fourth-order valence-electron chi connectivity index (χ4n) is 1.56. The summed E-state index contributed by atoms with van der Waals surface area (Å²) in [7, 11) is 0. The van der Waals surface area contributed by atoms with Gasteiger partial charge in [0, 0.05) is 12.3 Å². The van der Waals surface area contributed by atoms with Gasteiger partial charge >= 0.3 is 5.97 Å². The second kappa shape index (κ2) is 4.08. The number of aromatic nitrogens is 1. The molecule has 1 aliphatic rings. The van der Waals surface area contributed by atoms with E-state index in [4.69, 9.17) is 9.84 Å². The van der Waals surface area contributed by atoms with Crippen molar-refractivity contribution in [3.8, 4) is 5.75 Å². The highest BCUT2D eigenvalue weighted by atomic mass is 16.5. The van der Waals surface area contributed by atoms with Crippen molar-refractivity contribution < 1.29 is 14.6 Å². The average molecular weight is 234 g/mol. The first-order valence-corrected chi connectivity index (χ1v) is 5.30. The number of carboxylic acids is 1. The summed E-state index contributed by atoms with van der Waals surface area (Å²) < 4.78 is 5.76. The summed E-state index contributed by atoms with van der Waals surface area (Å²) in [6.45, 7) is 4.64. The van der Waals surface area contributed by atoms with E-state index >= 15 is 0 Å². The Morgan fingerprint density at radius 2 is 2.41 bits per heavy atom. The molecule has 0 saturated carbocycles. The number of ether oxygens (including phenoxy) is 1. The van der Waals surface area contributed by atoms with Crippen LogP contribution in [0.15, 0.2) is 18.3 Å². The maximum absolute atomic E-state index is 10.4. The SMILES string of the molecule is CC1(C)CNc2ncc(/C=C/C(=O)O)cc2O1. The molecule has 1 aliphatic heterocycles. The summed E-state index contributed by atoms with van der Waals surface area (Å²) in [4.78, 5) is 14.6. The van der Waals surface area contributed by atoms with Crippen LogP contribution >= 0.6 is 0 Å². The van der Waals surface area contributed by atoms with Crippen LogP contribution in [0.4, 0.5) is 5.82 Å². The predicted octanol–water partition coefficient (Wildman–Crippen LogP) is 1.76. The fourth-order valence-corrected chi connectivity index (χ4v) is 1.56. The summed E-state index contributed by atoms with van der Waals surface area (Å²) in [5.74, 6) is 0.354. The number of hydrogen-bond donors (Lipinski definition) is 2. The van der Waals surface area contributed by atoms with E-state index in [1.807, 2.05) is 13.8 Å². The molecule has 0 aromatic carbocycles. The van der Waals surface area contributed by atoms with Crippen LogP contribution < -0.4 is 10.1 Å². The molecule has 1 aromatic heterocycles. The molecule has 0 bridgehead atoms. The van der Waals surface area contributed by atoms with E-state index in [-0.39, 0.29) is 5.60 Å². The Kier molecular flexibility index (Phi) is 2.75. The standard InChI is InChI=1S/C12H14N2O3/c1-12(2)7-14-11-9(17-12)5-8(6-13-11)3-4-10(15)16/h3-6H,7H2,1-2H3,(H,13,14)(H,15,16)/b4-3+. The van der Waals surface area contributed by atoms with Crippen LogP contribution in [-0.2, 0) is 4.79 Å². The molecule has 1 aromatic rings. The van der Waals surface area contributed by atoms with Crippen molar-refractivity contribution in [1.82, 2.24) is 4.98 Å². The molecule has 5 nitrogen and oxygen atoms in total. The number of fused-ring (bicyclic) bond motifs is 1. The quantitative estimate of drug-likeness (QED) is 0.763. The summed E-state index contributed by atoms with van der Waals surface area (Å²) in [6.07, 6.45) is 4.17. The highest BCUT2D eigenvalue weighted by Crippen LogP contribution is 2.31. The van der Waals surface area contributed by atoms with Crippen molar-refractivity contribution in [2.45, 2.75) is 19.4 Å². The maximum atomic E-state index is 10.4. The Morgan fingerprint density at radius 1 is 1.65 bits per heavy atom. The molecule has 0 unspecified atom stereocenters. The first kappa shape index (κ1) is 11.4. The summed E-state index contributed by atoms with van der Waals surface area (Å²) in [5, 5.41) is 11.7. The van der Waals surface area contributed by atoms with Gasteiger partial charge in [-0.3, -0.25) is 0 Å². The van der Waals surface area contributed by atoms with Crippen LogP contribution in [0.1, 0.15) is 19.4 Å². The summed E-state index contributed by atoms with van der Waals surface area (Å²) >= 11 is 0. The molecule has 90 valence electrons. The van der Waals surface area contributed by atoms with Crippen LogP contribution in [0.3, 0.4) is 0 Å². The zero-order valence-electron chi connectivity index (χ0n) is 9.73. The Balaban J connectivity index is 2.27. The van der Waals surface area contributed by atoms with Gasteiger partial charge in [0.1, 0.15) is 5.60 Å². The lowest BCUT2D eigenvalue weighted by Crippen LogP contribution is -2.40. The molecular weight excluding hydrogens is 220 g/mol. The van der Waals surface area contributed by atoms with E-state index in [0.29, 0.717) is 23.7 Å². The molecule has 0 atom stereocenters. The molecule has 5 heteroatoms. The van der Waals surface area contributed by atoms with Gasteiger partial charge in [-0.25, -0.2) is 9.78 Å². The number of nitrogens with one attached hydrogen (secondary N) is 1. The third kappa shape index (κ3) is 2.75. The van der Waals surface area contributed by atoms with Gasteiger partial charge in [0.25, 0.3) is 0 Å². The third-order valence-electron chi connectivity index (χ3n) is 2.36. The van der Waals surface area contributed by atoms with E-state index in [9.17, 15) is 4.79 Å².